The highest BCUT2D eigenvalue weighted by atomic mass is 16.7. The van der Waals surface area contributed by atoms with Crippen molar-refractivity contribution in [2.75, 3.05) is 46.5 Å². The molecule has 0 radical (unpaired) electrons. The Kier molecular flexibility index (Phi) is 5.25. The number of methoxy groups -OCH3 is 1. The number of hydrogen-bond acceptors (Lipinski definition) is 7. The van der Waals surface area contributed by atoms with E-state index in [-0.39, 0.29) is 18.6 Å². The fourth-order valence-electron chi connectivity index (χ4n) is 4.01. The van der Waals surface area contributed by atoms with E-state index in [0.29, 0.717) is 42.5 Å². The van der Waals surface area contributed by atoms with Crippen molar-refractivity contribution in [1.82, 2.24) is 14.7 Å². The smallest absolute Gasteiger partial charge is 0.327 e. The number of fused-ring (bicyclic) bond motifs is 2. The predicted octanol–water partition coefficient (Wildman–Crippen LogP) is 1.06. The van der Waals surface area contributed by atoms with Crippen LogP contribution in [0.4, 0.5) is 10.5 Å². The molecule has 160 valence electrons. The Morgan fingerprint density at radius 3 is 2.77 bits per heavy atom. The summed E-state index contributed by atoms with van der Waals surface area (Å²) in [5.41, 5.74) is 0.895. The van der Waals surface area contributed by atoms with Gasteiger partial charge in [0, 0.05) is 46.1 Å². The summed E-state index contributed by atoms with van der Waals surface area (Å²) < 4.78 is 15.8. The molecule has 0 aromatic heterocycles. The third-order valence-electron chi connectivity index (χ3n) is 5.50. The Balaban J connectivity index is 1.59. The molecule has 1 saturated heterocycles. The lowest BCUT2D eigenvalue weighted by Gasteiger charge is -2.43. The molecule has 0 saturated carbocycles. The van der Waals surface area contributed by atoms with Crippen LogP contribution in [0, 0.1) is 5.92 Å². The number of ether oxygens (including phenoxy) is 3. The van der Waals surface area contributed by atoms with E-state index < -0.39 is 18.1 Å². The van der Waals surface area contributed by atoms with Crippen molar-refractivity contribution in [1.29, 1.82) is 0 Å². The summed E-state index contributed by atoms with van der Waals surface area (Å²) in [4.78, 5) is 42.7. The maximum atomic E-state index is 13.1. The average molecular weight is 416 g/mol. The second-order valence-electron chi connectivity index (χ2n) is 7.34. The number of carbonyl (C=O) groups is 3. The minimum absolute atomic E-state index is 0.143. The van der Waals surface area contributed by atoms with E-state index in [2.05, 4.69) is 5.32 Å². The first-order valence-corrected chi connectivity index (χ1v) is 9.65. The van der Waals surface area contributed by atoms with Crippen molar-refractivity contribution in [2.45, 2.75) is 12.6 Å². The Hall–Kier alpha value is -3.27. The number of nitrogens with one attached hydrogen (secondary N) is 1. The number of hydrogen-bond donors (Lipinski definition) is 1. The maximum Gasteiger partial charge on any atom is 0.327 e. The zero-order valence-electron chi connectivity index (χ0n) is 17.1. The second-order valence-corrected chi connectivity index (χ2v) is 7.34. The number of urea groups is 1. The van der Waals surface area contributed by atoms with Crippen molar-refractivity contribution >= 4 is 23.5 Å². The molecule has 4 rings (SSSR count). The van der Waals surface area contributed by atoms with E-state index in [0.717, 1.165) is 4.90 Å². The van der Waals surface area contributed by atoms with E-state index in [9.17, 15) is 14.4 Å². The number of imide groups is 1. The van der Waals surface area contributed by atoms with E-state index >= 15 is 0 Å². The molecule has 0 aliphatic carbocycles. The molecule has 2 atom stereocenters. The average Bonchev–Trinajstić information content (AvgIpc) is 3.35. The molecular weight excluding hydrogens is 392 g/mol. The Morgan fingerprint density at radius 1 is 1.23 bits per heavy atom. The van der Waals surface area contributed by atoms with Gasteiger partial charge in [-0.25, -0.2) is 4.79 Å². The van der Waals surface area contributed by atoms with E-state index in [1.54, 1.807) is 43.3 Å². The van der Waals surface area contributed by atoms with Crippen LogP contribution in [-0.2, 0) is 14.3 Å². The van der Waals surface area contributed by atoms with Crippen molar-refractivity contribution < 1.29 is 28.6 Å². The van der Waals surface area contributed by atoms with E-state index in [1.165, 1.54) is 11.9 Å². The molecule has 30 heavy (non-hydrogen) atoms. The largest absolute Gasteiger partial charge is 0.454 e. The number of benzene rings is 1. The monoisotopic (exact) mass is 416 g/mol. The quantitative estimate of drug-likeness (QED) is 0.692. The van der Waals surface area contributed by atoms with Crippen LogP contribution < -0.4 is 14.8 Å². The third-order valence-corrected chi connectivity index (χ3v) is 5.50. The van der Waals surface area contributed by atoms with Gasteiger partial charge < -0.3 is 29.3 Å². The van der Waals surface area contributed by atoms with E-state index in [1.807, 2.05) is 0 Å². The molecule has 10 nitrogen and oxygen atoms in total. The van der Waals surface area contributed by atoms with Gasteiger partial charge >= 0.3 is 6.03 Å². The zero-order valence-corrected chi connectivity index (χ0v) is 17.1. The molecule has 4 amide bonds. The lowest BCUT2D eigenvalue weighted by molar-refractivity contribution is -0.137. The number of anilines is 1. The summed E-state index contributed by atoms with van der Waals surface area (Å²) in [6.45, 7) is 1.10. The first-order chi connectivity index (χ1) is 14.4. The van der Waals surface area contributed by atoms with Crippen molar-refractivity contribution in [3.8, 4) is 11.5 Å². The van der Waals surface area contributed by atoms with Crippen LogP contribution in [0.1, 0.15) is 6.42 Å². The van der Waals surface area contributed by atoms with Crippen molar-refractivity contribution in [3.05, 3.63) is 30.0 Å². The minimum Gasteiger partial charge on any atom is -0.454 e. The van der Waals surface area contributed by atoms with Crippen LogP contribution in [0.5, 0.6) is 11.5 Å². The maximum absolute atomic E-state index is 13.1. The molecule has 3 heterocycles. The fourth-order valence-corrected chi connectivity index (χ4v) is 4.01. The summed E-state index contributed by atoms with van der Waals surface area (Å²) in [5, 5.41) is 2.85. The summed E-state index contributed by atoms with van der Waals surface area (Å²) in [6, 6.07) is 4.73. The Morgan fingerprint density at radius 2 is 2.00 bits per heavy atom. The third kappa shape index (κ3) is 3.32. The highest BCUT2D eigenvalue weighted by Gasteiger charge is 2.50. The van der Waals surface area contributed by atoms with Crippen LogP contribution in [0.3, 0.4) is 0 Å². The number of carbonyl (C=O) groups excluding carboxylic acids is 3. The molecule has 1 aromatic rings. The molecule has 10 heteroatoms. The minimum atomic E-state index is -0.613. The molecular formula is C20H24N4O6. The molecule has 1 fully saturated rings. The van der Waals surface area contributed by atoms with Crippen molar-refractivity contribution in [2.24, 2.45) is 5.92 Å². The van der Waals surface area contributed by atoms with Gasteiger partial charge in [-0.15, -0.1) is 0 Å². The van der Waals surface area contributed by atoms with E-state index in [4.69, 9.17) is 14.2 Å². The molecule has 2 unspecified atom stereocenters. The lowest BCUT2D eigenvalue weighted by atomic mass is 10.0. The van der Waals surface area contributed by atoms with Crippen molar-refractivity contribution in [3.63, 3.8) is 0 Å². The SMILES string of the molecule is COCCCN1C(C(=O)Nc2ccc3c(c2)OCO3)=CC2C(=O)N(C)C(=O)N(C)C21. The second kappa shape index (κ2) is 7.86. The molecule has 0 bridgehead atoms. The number of rotatable bonds is 6. The highest BCUT2D eigenvalue weighted by Crippen LogP contribution is 2.37. The van der Waals surface area contributed by atoms with Gasteiger partial charge in [-0.2, -0.15) is 0 Å². The van der Waals surface area contributed by atoms with Gasteiger partial charge in [0.2, 0.25) is 12.7 Å². The van der Waals surface area contributed by atoms with Crippen LogP contribution in [-0.4, -0.2) is 79.9 Å². The fraction of sp³-hybridized carbons (Fsp3) is 0.450. The highest BCUT2D eigenvalue weighted by molar-refractivity contribution is 6.06. The summed E-state index contributed by atoms with van der Waals surface area (Å²) in [5.74, 6) is -0.129. The summed E-state index contributed by atoms with van der Waals surface area (Å²) >= 11 is 0. The van der Waals surface area contributed by atoms with Gasteiger partial charge in [0.1, 0.15) is 11.9 Å². The van der Waals surface area contributed by atoms with Crippen LogP contribution in [0.2, 0.25) is 0 Å². The van der Waals surface area contributed by atoms with Gasteiger partial charge in [0.05, 0.1) is 5.92 Å². The Labute approximate surface area is 173 Å². The van der Waals surface area contributed by atoms with Gasteiger partial charge in [0.25, 0.3) is 5.91 Å². The van der Waals surface area contributed by atoms with Crippen LogP contribution in [0.15, 0.2) is 30.0 Å². The summed E-state index contributed by atoms with van der Waals surface area (Å²) in [6.07, 6.45) is 1.73. The zero-order chi connectivity index (χ0) is 21.4. The molecule has 3 aliphatic rings. The van der Waals surface area contributed by atoms with Crippen LogP contribution >= 0.6 is 0 Å². The van der Waals surface area contributed by atoms with Gasteiger partial charge in [-0.1, -0.05) is 0 Å². The standard InChI is InChI=1S/C20H24N4O6/c1-22-18-13(19(26)23(2)20(22)27)10-14(24(18)7-4-8-28-3)17(25)21-12-5-6-15-16(9-12)30-11-29-15/h5-6,9-10,13,18H,4,7-8,11H2,1-3H3,(H,21,25). The number of nitrogens with zero attached hydrogens (tertiary/aromatic N) is 3. The Bertz CT molecular complexity index is 917. The van der Waals surface area contributed by atoms with Gasteiger partial charge in [-0.05, 0) is 24.6 Å². The molecule has 1 N–H and O–H groups in total. The first-order valence-electron chi connectivity index (χ1n) is 9.65. The summed E-state index contributed by atoms with van der Waals surface area (Å²) in [7, 11) is 4.69. The van der Waals surface area contributed by atoms with Crippen LogP contribution in [0.25, 0.3) is 0 Å². The van der Waals surface area contributed by atoms with Gasteiger partial charge in [0.15, 0.2) is 11.5 Å². The molecule has 3 aliphatic heterocycles. The topological polar surface area (TPSA) is 101 Å². The first kappa shape index (κ1) is 20.0. The predicted molar refractivity (Wildman–Crippen MR) is 106 cm³/mol. The number of amides is 4. The molecule has 0 spiro atoms. The lowest BCUT2D eigenvalue weighted by Crippen LogP contribution is -2.62. The normalized spacial score (nSPS) is 22.4. The molecule has 1 aromatic carbocycles. The van der Waals surface area contributed by atoms with Gasteiger partial charge in [-0.3, -0.25) is 14.5 Å².